The summed E-state index contributed by atoms with van der Waals surface area (Å²) in [5.41, 5.74) is 40.6. The Morgan fingerprint density at radius 1 is 0.500 bits per heavy atom. The molecule has 0 spiro atoms. The molecule has 76 heavy (non-hydrogen) atoms. The average molecular weight is 1090 g/mol. The molecule has 0 heterocycles. The Labute approximate surface area is 448 Å². The van der Waals surface area contributed by atoms with E-state index in [1.165, 1.54) is 35.7 Å². The molecule has 31 heteroatoms. The summed E-state index contributed by atoms with van der Waals surface area (Å²) >= 11 is 2.44. The molecule has 0 radical (unpaired) electrons. The summed E-state index contributed by atoms with van der Waals surface area (Å²) in [4.78, 5) is 57.1. The van der Waals surface area contributed by atoms with Crippen molar-refractivity contribution in [3.63, 3.8) is 0 Å². The van der Waals surface area contributed by atoms with Gasteiger partial charge in [0.25, 0.3) is 11.8 Å². The lowest BCUT2D eigenvalue weighted by Crippen LogP contribution is -2.37. The Bertz CT molecular complexity index is 2390. The van der Waals surface area contributed by atoms with Crippen LogP contribution in [0.15, 0.2) is 58.3 Å². The fourth-order valence-corrected chi connectivity index (χ4v) is 8.45. The zero-order chi connectivity index (χ0) is 56.2. The summed E-state index contributed by atoms with van der Waals surface area (Å²) in [5, 5.41) is 73.0. The summed E-state index contributed by atoms with van der Waals surface area (Å²) in [5.74, 6) is -3.23. The third-order valence-corrected chi connectivity index (χ3v) is 12.3. The number of rotatable bonds is 32. The molecule has 3 aromatic carbocycles. The molecule has 29 nitrogen and oxygen atoms in total. The number of anilines is 4. The minimum absolute atomic E-state index is 0.0331. The number of thioether (sulfide) groups is 2. The normalized spacial score (nSPS) is 11.3. The molecular formula is C45H71N23O6S2. The molecule has 3 aromatic rings. The van der Waals surface area contributed by atoms with Crippen molar-refractivity contribution in [2.45, 2.75) is 54.5 Å². The van der Waals surface area contributed by atoms with E-state index in [1.807, 2.05) is 0 Å². The van der Waals surface area contributed by atoms with Crippen LogP contribution in [0, 0.1) is 32.5 Å². The van der Waals surface area contributed by atoms with Crippen LogP contribution >= 0.6 is 23.5 Å². The van der Waals surface area contributed by atoms with Crippen molar-refractivity contribution in [3.05, 3.63) is 59.7 Å². The van der Waals surface area contributed by atoms with Gasteiger partial charge in [0, 0.05) is 43.8 Å². The summed E-state index contributed by atoms with van der Waals surface area (Å²) in [6.45, 7) is 2.65. The first-order valence-corrected chi connectivity index (χ1v) is 25.5. The van der Waals surface area contributed by atoms with E-state index in [9.17, 15) is 19.2 Å². The van der Waals surface area contributed by atoms with Gasteiger partial charge in [-0.05, 0) is 62.9 Å². The number of benzene rings is 3. The molecular weight excluding hydrogens is 1020 g/mol. The number of guanidine groups is 5. The van der Waals surface area contributed by atoms with E-state index < -0.39 is 35.7 Å². The molecule has 0 unspecified atom stereocenters. The van der Waals surface area contributed by atoms with E-state index in [2.05, 4.69) is 53.2 Å². The van der Waals surface area contributed by atoms with Gasteiger partial charge in [0.2, 0.25) is 11.8 Å². The van der Waals surface area contributed by atoms with Crippen molar-refractivity contribution in [2.24, 2.45) is 40.1 Å². The molecule has 0 aliphatic rings. The lowest BCUT2D eigenvalue weighted by Gasteiger charge is -2.21. The Kier molecular flexibility index (Phi) is 26.6. The lowest BCUT2D eigenvalue weighted by atomic mass is 10.1. The topological polar surface area (TPSA) is 532 Å². The summed E-state index contributed by atoms with van der Waals surface area (Å²) < 4.78 is 12.2. The summed E-state index contributed by atoms with van der Waals surface area (Å²) in [7, 11) is 0. The smallest absolute Gasteiger partial charge is 0.259 e. The van der Waals surface area contributed by atoms with Crippen molar-refractivity contribution in [3.8, 4) is 11.5 Å². The van der Waals surface area contributed by atoms with Gasteiger partial charge in [-0.25, -0.2) is 0 Å². The maximum Gasteiger partial charge on any atom is 0.259 e. The lowest BCUT2D eigenvalue weighted by molar-refractivity contribution is -0.118. The molecule has 0 saturated heterocycles. The van der Waals surface area contributed by atoms with Crippen molar-refractivity contribution >= 4 is 106 Å². The first-order chi connectivity index (χ1) is 36.2. The maximum absolute atomic E-state index is 14.7. The SMILES string of the molecule is CC(=N)NCCC[C@@H](N)C(=O)Nc1cccc(NC(=O)c2cc(C(=O)Nc3cccc(NC(=O)[C@H](N)CCCNC(=N)N)c3SCCNC(=N)N)c(OCCNC(=N)N)cc2OCCNC(=N)N)c1SCCNC(=N)N. The summed E-state index contributed by atoms with van der Waals surface area (Å²) in [6.07, 6.45) is 1.50. The molecule has 4 amide bonds. The Morgan fingerprint density at radius 2 is 0.842 bits per heavy atom. The standard InChI is InChI=1S/C45H71N23O6S2/c1-24(46)59-12-4-6-27(47)39(71)67-31-10-2-8-29(35(31)75-20-16-63-44(55)56)65-37(69)25-22-26(34(74-19-15-62-43(53)54)23-33(25)73-18-14-61-42(51)52)38(70)66-30-9-3-11-32(36(30)76-21-17-64-45(57)58)68-40(72)28(48)7-5-13-60-41(49)50/h2-3,8-11,22-23,27-28H,4-7,12-21,47-48H2,1H3,(H2,46,59)(H,65,69)(H,66,70)(H,67,71)(H,68,72)(H4,49,50,60)(H4,51,52,61)(H4,53,54,62)(H4,55,56,63)(H4,57,58,64)/t27-,28-/m1/s1. The molecule has 30 N–H and O–H groups in total. The molecule has 3 rings (SSSR count). The molecule has 0 saturated carbocycles. The highest BCUT2D eigenvalue weighted by atomic mass is 32.2. The van der Waals surface area contributed by atoms with Crippen molar-refractivity contribution < 1.29 is 28.7 Å². The number of amides is 4. The molecule has 0 fully saturated rings. The van der Waals surface area contributed by atoms with Gasteiger partial charge in [-0.3, -0.25) is 51.6 Å². The fourth-order valence-electron chi connectivity index (χ4n) is 6.54. The van der Waals surface area contributed by atoms with E-state index in [0.717, 1.165) is 0 Å². The molecule has 414 valence electrons. The van der Waals surface area contributed by atoms with Gasteiger partial charge < -0.3 is 103 Å². The highest BCUT2D eigenvalue weighted by Crippen LogP contribution is 2.38. The quantitative estimate of drug-likeness (QED) is 0.0158. The second kappa shape index (κ2) is 32.7. The van der Waals surface area contributed by atoms with Crippen LogP contribution in [0.3, 0.4) is 0 Å². The van der Waals surface area contributed by atoms with Crippen LogP contribution < -0.4 is 103 Å². The van der Waals surface area contributed by atoms with Crippen LogP contribution in [0.1, 0.15) is 53.3 Å². The number of hydrogen-bond acceptors (Lipinski definition) is 16. The minimum atomic E-state index is -0.954. The largest absolute Gasteiger partial charge is 0.491 e. The van der Waals surface area contributed by atoms with Crippen molar-refractivity contribution in [2.75, 3.05) is 85.3 Å². The van der Waals surface area contributed by atoms with Gasteiger partial charge in [-0.15, -0.1) is 23.5 Å². The van der Waals surface area contributed by atoms with Crippen LogP contribution in [0.2, 0.25) is 0 Å². The third kappa shape index (κ3) is 22.8. The molecule has 2 atom stereocenters. The van der Waals surface area contributed by atoms with Gasteiger partial charge in [0.05, 0.1) is 74.7 Å². The molecule has 0 aromatic heterocycles. The highest BCUT2D eigenvalue weighted by molar-refractivity contribution is 7.99. The Morgan fingerprint density at radius 3 is 1.21 bits per heavy atom. The zero-order valence-corrected chi connectivity index (χ0v) is 43.6. The van der Waals surface area contributed by atoms with Crippen LogP contribution in [0.25, 0.3) is 0 Å². The number of hydrogen-bond donors (Lipinski definition) is 23. The maximum atomic E-state index is 14.7. The van der Waals surface area contributed by atoms with Crippen molar-refractivity contribution in [1.82, 2.24) is 31.9 Å². The molecule has 0 aliphatic carbocycles. The van der Waals surface area contributed by atoms with Gasteiger partial charge in [0.15, 0.2) is 29.8 Å². The zero-order valence-electron chi connectivity index (χ0n) is 42.0. The molecule has 0 aliphatic heterocycles. The average Bonchev–Trinajstić information content (AvgIpc) is 3.35. The van der Waals surface area contributed by atoms with Gasteiger partial charge in [-0.2, -0.15) is 0 Å². The first kappa shape index (κ1) is 61.9. The van der Waals surface area contributed by atoms with E-state index in [4.69, 9.17) is 82.1 Å². The number of nitrogens with two attached hydrogens (primary N) is 7. The Hall–Kier alpha value is -8.42. The first-order valence-electron chi connectivity index (χ1n) is 23.6. The number of carbonyl (C=O) groups is 4. The van der Waals surface area contributed by atoms with Crippen LogP contribution in [0.5, 0.6) is 11.5 Å². The second-order valence-corrected chi connectivity index (χ2v) is 18.5. The predicted molar refractivity (Wildman–Crippen MR) is 300 cm³/mol. The van der Waals surface area contributed by atoms with E-state index in [-0.39, 0.29) is 115 Å². The molecule has 0 bridgehead atoms. The predicted octanol–water partition coefficient (Wildman–Crippen LogP) is -0.773. The number of amidine groups is 1. The highest BCUT2D eigenvalue weighted by Gasteiger charge is 2.26. The second-order valence-electron chi connectivity index (χ2n) is 16.2. The number of nitrogens with one attached hydrogen (secondary N) is 16. The summed E-state index contributed by atoms with van der Waals surface area (Å²) in [6, 6.07) is 10.3. The van der Waals surface area contributed by atoms with Crippen LogP contribution in [-0.2, 0) is 9.59 Å². The fraction of sp³-hybridized carbons (Fsp3) is 0.378. The van der Waals surface area contributed by atoms with Gasteiger partial charge in [-0.1, -0.05) is 12.1 Å². The van der Waals surface area contributed by atoms with E-state index in [1.54, 1.807) is 43.3 Å². The van der Waals surface area contributed by atoms with Gasteiger partial charge >= 0.3 is 0 Å². The van der Waals surface area contributed by atoms with E-state index >= 15 is 0 Å². The van der Waals surface area contributed by atoms with E-state index in [0.29, 0.717) is 65.0 Å². The number of ether oxygens (including phenoxy) is 2. The minimum Gasteiger partial charge on any atom is -0.491 e. The number of carbonyl (C=O) groups excluding carboxylic acids is 4. The monoisotopic (exact) mass is 1090 g/mol. The Balaban J connectivity index is 2.16. The van der Waals surface area contributed by atoms with Crippen LogP contribution in [0.4, 0.5) is 22.7 Å². The third-order valence-electron chi connectivity index (χ3n) is 10.1. The van der Waals surface area contributed by atoms with Crippen LogP contribution in [-0.4, -0.2) is 135 Å². The van der Waals surface area contributed by atoms with Gasteiger partial charge in [0.1, 0.15) is 24.7 Å². The van der Waals surface area contributed by atoms with Crippen molar-refractivity contribution in [1.29, 1.82) is 32.5 Å².